The van der Waals surface area contributed by atoms with Crippen molar-refractivity contribution in [2.45, 2.75) is 32.1 Å². The van der Waals surface area contributed by atoms with E-state index in [1.807, 2.05) is 36.4 Å². The maximum absolute atomic E-state index is 6.34. The molecular formula is C48H50Cl2N4. The number of likely N-dealkylation sites (N-methyl/N-ethyl adjacent to an activating group) is 1. The minimum Gasteiger partial charge on any atom is -0.308 e. The second kappa shape index (κ2) is 18.9. The second-order valence-corrected chi connectivity index (χ2v) is 15.1. The van der Waals surface area contributed by atoms with Crippen molar-refractivity contribution < 1.29 is 0 Å². The fourth-order valence-electron chi connectivity index (χ4n) is 7.74. The number of nitrogens with zero attached hydrogens (tertiary/aromatic N) is 3. The van der Waals surface area contributed by atoms with Gasteiger partial charge in [0, 0.05) is 85.6 Å². The molecule has 0 aromatic heterocycles. The molecule has 1 N–H and O–H groups in total. The van der Waals surface area contributed by atoms with Crippen LogP contribution in [0, 0.1) is 0 Å². The van der Waals surface area contributed by atoms with E-state index >= 15 is 0 Å². The zero-order valence-electron chi connectivity index (χ0n) is 31.1. The molecule has 0 radical (unpaired) electrons. The Hall–Kier alpha value is -4.26. The van der Waals surface area contributed by atoms with Gasteiger partial charge in [0.2, 0.25) is 0 Å². The van der Waals surface area contributed by atoms with Gasteiger partial charge in [-0.2, -0.15) is 0 Å². The smallest absolute Gasteiger partial charge is 0.0484 e. The molecule has 0 bridgehead atoms. The number of nitrogens with one attached hydrogen (secondary N) is 1. The fraction of sp³-hybridized carbons (Fsp3) is 0.250. The summed E-state index contributed by atoms with van der Waals surface area (Å²) < 4.78 is 0. The highest BCUT2D eigenvalue weighted by Gasteiger charge is 2.27. The van der Waals surface area contributed by atoms with E-state index in [1.165, 1.54) is 33.4 Å². The number of benzene rings is 6. The quantitative estimate of drug-likeness (QED) is 0.159. The predicted octanol–water partition coefficient (Wildman–Crippen LogP) is 11.0. The first-order chi connectivity index (χ1) is 26.5. The molecule has 4 nitrogen and oxygen atoms in total. The largest absolute Gasteiger partial charge is 0.308 e. The monoisotopic (exact) mass is 752 g/mol. The molecule has 2 saturated heterocycles. The lowest BCUT2D eigenvalue weighted by Gasteiger charge is -2.41. The number of halogens is 2. The minimum atomic E-state index is 0.410. The summed E-state index contributed by atoms with van der Waals surface area (Å²) in [6.45, 7) is 11.8. The molecule has 2 aliphatic rings. The molecule has 6 aromatic rings. The molecule has 54 heavy (non-hydrogen) atoms. The van der Waals surface area contributed by atoms with Crippen molar-refractivity contribution in [2.75, 3.05) is 45.8 Å². The summed E-state index contributed by atoms with van der Waals surface area (Å²) in [7, 11) is 0. The molecule has 2 aliphatic heterocycles. The summed E-state index contributed by atoms with van der Waals surface area (Å²) in [6.07, 6.45) is 0. The third-order valence-corrected chi connectivity index (χ3v) is 11.4. The van der Waals surface area contributed by atoms with Crippen LogP contribution in [0.3, 0.4) is 0 Å². The van der Waals surface area contributed by atoms with Crippen molar-refractivity contribution in [3.8, 4) is 22.3 Å². The van der Waals surface area contributed by atoms with Crippen molar-refractivity contribution in [1.82, 2.24) is 20.0 Å². The Morgan fingerprint density at radius 2 is 1.00 bits per heavy atom. The molecule has 2 heterocycles. The highest BCUT2D eigenvalue weighted by Crippen LogP contribution is 2.30. The third kappa shape index (κ3) is 9.88. The summed E-state index contributed by atoms with van der Waals surface area (Å²) >= 11 is 12.7. The Morgan fingerprint density at radius 1 is 0.519 bits per heavy atom. The van der Waals surface area contributed by atoms with Crippen LogP contribution in [0.1, 0.15) is 41.3 Å². The molecule has 276 valence electrons. The zero-order chi connectivity index (χ0) is 37.1. The van der Waals surface area contributed by atoms with Gasteiger partial charge in [0.05, 0.1) is 0 Å². The van der Waals surface area contributed by atoms with Gasteiger partial charge >= 0.3 is 0 Å². The topological polar surface area (TPSA) is 21.8 Å². The first-order valence-electron chi connectivity index (χ1n) is 19.2. The van der Waals surface area contributed by atoms with E-state index in [0.717, 1.165) is 80.1 Å². The maximum Gasteiger partial charge on any atom is 0.0484 e. The van der Waals surface area contributed by atoms with E-state index in [-0.39, 0.29) is 0 Å². The summed E-state index contributed by atoms with van der Waals surface area (Å²) in [5.41, 5.74) is 10.0. The van der Waals surface area contributed by atoms with Gasteiger partial charge in [-0.1, -0.05) is 176 Å². The number of hydrogen-bond donors (Lipinski definition) is 1. The SMILES string of the molecule is CCN1CCN(Cc2ccc(-c3ccccc3Cl)cc2)CC1c1ccccc1.Clc1ccccc1-c1ccc(CN2CCNC(c3ccccc3)C2)cc1. The van der Waals surface area contributed by atoms with Crippen molar-refractivity contribution in [3.05, 3.63) is 190 Å². The van der Waals surface area contributed by atoms with Gasteiger partial charge in [-0.25, -0.2) is 0 Å². The van der Waals surface area contributed by atoms with Crippen LogP contribution in [-0.2, 0) is 13.1 Å². The number of rotatable bonds is 9. The molecule has 8 rings (SSSR count). The Kier molecular flexibility index (Phi) is 13.3. The van der Waals surface area contributed by atoms with Gasteiger partial charge in [0.1, 0.15) is 0 Å². The fourth-order valence-corrected chi connectivity index (χ4v) is 8.23. The summed E-state index contributed by atoms with van der Waals surface area (Å²) in [4.78, 5) is 7.69. The second-order valence-electron chi connectivity index (χ2n) is 14.3. The van der Waals surface area contributed by atoms with Crippen LogP contribution in [0.15, 0.2) is 158 Å². The van der Waals surface area contributed by atoms with Crippen molar-refractivity contribution in [1.29, 1.82) is 0 Å². The van der Waals surface area contributed by atoms with Gasteiger partial charge in [-0.15, -0.1) is 0 Å². The number of piperazine rings is 2. The van der Waals surface area contributed by atoms with Crippen LogP contribution in [0.2, 0.25) is 10.0 Å². The lowest BCUT2D eigenvalue weighted by molar-refractivity contribution is 0.0738. The van der Waals surface area contributed by atoms with Gasteiger partial charge in [-0.05, 0) is 52.1 Å². The minimum absolute atomic E-state index is 0.410. The highest BCUT2D eigenvalue weighted by atomic mass is 35.5. The van der Waals surface area contributed by atoms with E-state index in [0.29, 0.717) is 12.1 Å². The van der Waals surface area contributed by atoms with E-state index in [9.17, 15) is 0 Å². The summed E-state index contributed by atoms with van der Waals surface area (Å²) in [5, 5.41) is 5.23. The van der Waals surface area contributed by atoms with Gasteiger partial charge in [-0.3, -0.25) is 14.7 Å². The molecular weight excluding hydrogens is 703 g/mol. The summed E-state index contributed by atoms with van der Waals surface area (Å²) in [5.74, 6) is 0. The Morgan fingerprint density at radius 3 is 1.52 bits per heavy atom. The van der Waals surface area contributed by atoms with Gasteiger partial charge in [0.15, 0.2) is 0 Å². The van der Waals surface area contributed by atoms with Crippen molar-refractivity contribution >= 4 is 23.2 Å². The van der Waals surface area contributed by atoms with Crippen molar-refractivity contribution in [2.24, 2.45) is 0 Å². The average molecular weight is 754 g/mol. The van der Waals surface area contributed by atoms with Crippen LogP contribution in [-0.4, -0.2) is 60.5 Å². The molecule has 2 unspecified atom stereocenters. The first kappa shape index (κ1) is 38.0. The molecule has 2 fully saturated rings. The van der Waals surface area contributed by atoms with E-state index in [4.69, 9.17) is 23.2 Å². The molecule has 0 aliphatic carbocycles. The van der Waals surface area contributed by atoms with Gasteiger partial charge < -0.3 is 5.32 Å². The van der Waals surface area contributed by atoms with Crippen LogP contribution in [0.25, 0.3) is 22.3 Å². The first-order valence-corrected chi connectivity index (χ1v) is 20.0. The lowest BCUT2D eigenvalue weighted by Crippen LogP contribution is -2.47. The highest BCUT2D eigenvalue weighted by molar-refractivity contribution is 6.33. The molecule has 2 atom stereocenters. The Labute approximate surface area is 332 Å². The Bertz CT molecular complexity index is 2040. The van der Waals surface area contributed by atoms with Crippen LogP contribution in [0.4, 0.5) is 0 Å². The van der Waals surface area contributed by atoms with Crippen LogP contribution < -0.4 is 5.32 Å². The molecule has 0 saturated carbocycles. The molecule has 0 amide bonds. The van der Waals surface area contributed by atoms with E-state index in [1.54, 1.807) is 0 Å². The lowest BCUT2D eigenvalue weighted by atomic mass is 10.0. The van der Waals surface area contributed by atoms with Crippen LogP contribution >= 0.6 is 23.2 Å². The maximum atomic E-state index is 6.34. The molecule has 6 aromatic carbocycles. The predicted molar refractivity (Wildman–Crippen MR) is 228 cm³/mol. The Balaban J connectivity index is 0.000000167. The summed E-state index contributed by atoms with van der Waals surface area (Å²) in [6, 6.07) is 56.2. The van der Waals surface area contributed by atoms with Crippen LogP contribution in [0.5, 0.6) is 0 Å². The van der Waals surface area contributed by atoms with E-state index in [2.05, 4.69) is 148 Å². The van der Waals surface area contributed by atoms with E-state index < -0.39 is 0 Å². The standard InChI is InChI=1S/C25H27ClN2.C23H23ClN2/c1-2-28-17-16-27(19-25(28)22-8-4-3-5-9-22)18-20-12-14-21(15-13-20)23-10-6-7-11-24(23)26;24-22-9-5-4-8-21(22)19-12-10-18(11-13-19)16-26-15-14-25-23(17-26)20-6-2-1-3-7-20/h3-15,25H,2,16-19H2,1H3;1-13,23,25H,14-17H2. The number of hydrogen-bond acceptors (Lipinski definition) is 4. The third-order valence-electron chi connectivity index (χ3n) is 10.7. The van der Waals surface area contributed by atoms with Crippen molar-refractivity contribution in [3.63, 3.8) is 0 Å². The van der Waals surface area contributed by atoms with Gasteiger partial charge in [0.25, 0.3) is 0 Å². The normalized spacial score (nSPS) is 18.1. The molecule has 6 heteroatoms. The molecule has 0 spiro atoms. The zero-order valence-corrected chi connectivity index (χ0v) is 32.6. The average Bonchev–Trinajstić information content (AvgIpc) is 3.23.